The van der Waals surface area contributed by atoms with Crippen LogP contribution in [0.3, 0.4) is 0 Å². The second kappa shape index (κ2) is 91.3. The van der Waals surface area contributed by atoms with Crippen LogP contribution >= 0.6 is 0 Å². The molecule has 0 spiro atoms. The van der Waals surface area contributed by atoms with Crippen LogP contribution < -0.4 is 10.6 Å². The predicted octanol–water partition coefficient (Wildman–Crippen LogP) is 16.5. The molecule has 0 aromatic carbocycles. The van der Waals surface area contributed by atoms with E-state index in [-0.39, 0.29) is 23.6 Å². The van der Waals surface area contributed by atoms with Gasteiger partial charge in [0.25, 0.3) is 11.8 Å². The van der Waals surface area contributed by atoms with E-state index in [2.05, 4.69) is 112 Å². The second-order valence-electron chi connectivity index (χ2n) is 20.7. The Kier molecular flexibility index (Phi) is 107. The zero-order valence-electron chi connectivity index (χ0n) is 58.5. The number of amides is 4. The normalized spacial score (nSPS) is 11.6. The van der Waals surface area contributed by atoms with E-state index < -0.39 is 12.2 Å². The lowest BCUT2D eigenvalue weighted by Gasteiger charge is -2.23. The van der Waals surface area contributed by atoms with Gasteiger partial charge in [0.1, 0.15) is 0 Å². The average molecular weight is 1230 g/mol. The summed E-state index contributed by atoms with van der Waals surface area (Å²) in [6.07, 6.45) is 33.5. The third-order valence-corrected chi connectivity index (χ3v) is 14.4. The maximum absolute atomic E-state index is 11.3. The van der Waals surface area contributed by atoms with Crippen molar-refractivity contribution in [2.75, 3.05) is 90.4 Å². The number of hydrogen-bond acceptors (Lipinski definition) is 11. The van der Waals surface area contributed by atoms with E-state index in [1.165, 1.54) is 118 Å². The molecular weight excluding hydrogens is 1080 g/mol. The molecule has 0 radical (unpaired) electrons. The Bertz CT molecular complexity index is 1200. The molecule has 1 aliphatic rings. The number of carbonyl (C=O) groups excluding carboxylic acids is 4. The topological polar surface area (TPSA) is 167 Å². The van der Waals surface area contributed by atoms with Crippen LogP contribution in [-0.4, -0.2) is 146 Å². The Hall–Kier alpha value is -1.85. The summed E-state index contributed by atoms with van der Waals surface area (Å²) in [7, 11) is 0.313. The number of imide groups is 1. The number of unbranched alkanes of at least 4 members (excludes halogenated alkanes) is 10. The Balaban J connectivity index is -0.000000131. The average Bonchev–Trinajstić information content (AvgIpc) is 3.85. The molecule has 0 saturated heterocycles. The molecule has 1 rings (SSSR count). The third kappa shape index (κ3) is 96.7. The number of rotatable bonds is 43. The van der Waals surface area contributed by atoms with Crippen molar-refractivity contribution in [2.45, 2.75) is 317 Å². The molecular formula is C68H146N4O9S2. The molecule has 504 valence electrons. The third-order valence-electron chi connectivity index (χ3n) is 11.6. The van der Waals surface area contributed by atoms with Gasteiger partial charge in [-0.1, -0.05) is 213 Å². The van der Waals surface area contributed by atoms with E-state index in [4.69, 9.17) is 35.6 Å². The van der Waals surface area contributed by atoms with Crippen LogP contribution in [-0.2, 0) is 54.0 Å². The van der Waals surface area contributed by atoms with Crippen molar-refractivity contribution in [3.8, 4) is 0 Å². The lowest BCUT2D eigenvalue weighted by atomic mass is 10.1. The molecule has 15 heteroatoms. The Morgan fingerprint density at radius 1 is 0.446 bits per heavy atom. The first-order valence-electron chi connectivity index (χ1n) is 34.2. The van der Waals surface area contributed by atoms with Crippen LogP contribution in [0.5, 0.6) is 0 Å². The first kappa shape index (κ1) is 97.4. The van der Waals surface area contributed by atoms with Gasteiger partial charge in [-0.3, -0.25) is 24.1 Å². The van der Waals surface area contributed by atoms with E-state index in [9.17, 15) is 19.2 Å². The number of nitrogens with zero attached hydrogens (tertiary/aromatic N) is 2. The van der Waals surface area contributed by atoms with Crippen molar-refractivity contribution in [3.63, 3.8) is 0 Å². The minimum absolute atomic E-state index is 0.123. The lowest BCUT2D eigenvalue weighted by molar-refractivity contribution is -0.137. The SMILES string of the molecule is CCC(O)C(O)CC.CCCC.CCCC(=O)NCCCCNC(=O)CCC.CCCCCC.CCCCCCCC.CCCN(CCC)CCN1C(=O)C=CC1=O.CCCOCCC.CCCOCCOCCC.CCCS(=S)CCC. The summed E-state index contributed by atoms with van der Waals surface area (Å²) in [5.41, 5.74) is 0. The van der Waals surface area contributed by atoms with Crippen LogP contribution in [0.15, 0.2) is 12.2 Å². The number of nitrogens with one attached hydrogen (secondary N) is 2. The minimum atomic E-state index is -0.528. The molecule has 0 aromatic heterocycles. The largest absolute Gasteiger partial charge is 0.390 e. The smallest absolute Gasteiger partial charge is 0.253 e. The van der Waals surface area contributed by atoms with Gasteiger partial charge in [0.15, 0.2) is 0 Å². The molecule has 0 aromatic rings. The first-order valence-corrected chi connectivity index (χ1v) is 36.7. The van der Waals surface area contributed by atoms with Gasteiger partial charge in [0, 0.05) is 77.6 Å². The molecule has 0 saturated carbocycles. The molecule has 0 aliphatic carbocycles. The predicted molar refractivity (Wildman–Crippen MR) is 369 cm³/mol. The zero-order valence-corrected chi connectivity index (χ0v) is 60.1. The summed E-state index contributed by atoms with van der Waals surface area (Å²) in [5.74, 6) is 2.39. The maximum atomic E-state index is 11.3. The number of aliphatic hydroxyl groups is 2. The van der Waals surface area contributed by atoms with Crippen molar-refractivity contribution in [1.29, 1.82) is 0 Å². The van der Waals surface area contributed by atoms with Gasteiger partial charge in [0.05, 0.1) is 25.4 Å². The summed E-state index contributed by atoms with van der Waals surface area (Å²) in [6.45, 7) is 47.9. The van der Waals surface area contributed by atoms with Crippen molar-refractivity contribution in [1.82, 2.24) is 20.4 Å². The molecule has 2 unspecified atom stereocenters. The van der Waals surface area contributed by atoms with Gasteiger partial charge in [-0.05, 0) is 114 Å². The summed E-state index contributed by atoms with van der Waals surface area (Å²) < 4.78 is 15.5. The van der Waals surface area contributed by atoms with Gasteiger partial charge in [-0.15, -0.1) is 9.45 Å². The number of aliphatic hydroxyl groups excluding tert-OH is 2. The summed E-state index contributed by atoms with van der Waals surface area (Å²) in [6, 6.07) is 0. The molecule has 0 bridgehead atoms. The fourth-order valence-corrected chi connectivity index (χ4v) is 8.77. The highest BCUT2D eigenvalue weighted by atomic mass is 32.8. The van der Waals surface area contributed by atoms with Gasteiger partial charge in [-0.2, -0.15) is 0 Å². The quantitative estimate of drug-likeness (QED) is 0.0339. The first-order chi connectivity index (χ1) is 40.0. The zero-order chi connectivity index (χ0) is 64.8. The van der Waals surface area contributed by atoms with Crippen LogP contribution in [0, 0.1) is 0 Å². The second-order valence-corrected chi connectivity index (χ2v) is 23.8. The number of ether oxygens (including phenoxy) is 3. The highest BCUT2D eigenvalue weighted by Crippen LogP contribution is 2.05. The van der Waals surface area contributed by atoms with Gasteiger partial charge >= 0.3 is 0 Å². The van der Waals surface area contributed by atoms with Crippen molar-refractivity contribution in [2.24, 2.45) is 0 Å². The molecule has 1 heterocycles. The fraction of sp³-hybridized carbons (Fsp3) is 0.912. The van der Waals surface area contributed by atoms with Crippen molar-refractivity contribution in [3.05, 3.63) is 12.2 Å². The Morgan fingerprint density at radius 3 is 1.04 bits per heavy atom. The molecule has 2 atom stereocenters. The lowest BCUT2D eigenvalue weighted by Crippen LogP contribution is -2.39. The van der Waals surface area contributed by atoms with E-state index in [1.54, 1.807) is 0 Å². The van der Waals surface area contributed by atoms with Crippen LogP contribution in [0.2, 0.25) is 0 Å². The van der Waals surface area contributed by atoms with Gasteiger partial charge < -0.3 is 40.0 Å². The fourth-order valence-electron chi connectivity index (χ4n) is 6.65. The highest BCUT2D eigenvalue weighted by molar-refractivity contribution is 8.28. The molecule has 0 fully saturated rings. The van der Waals surface area contributed by atoms with Crippen LogP contribution in [0.4, 0.5) is 0 Å². The maximum Gasteiger partial charge on any atom is 0.253 e. The summed E-state index contributed by atoms with van der Waals surface area (Å²) in [4.78, 5) is 48.4. The standard InChI is InChI=1S/C12H20N2O2.C12H24N2O2.C8H18O2.C8H18.C6H14O2.C6H14O.C6H14S2.C6H14.C4H10/c1-3-7-13(8-4-2)9-10-14-11(15)5-6-12(14)16;1-3-7-11(15)13-9-5-6-10-14-12(16)8-4-2;1-3-5-9-7-8-10-6-4-2;1-3-5-7-8-6-4-2;1-3-5(7)6(8)4-2;1-3-5-7-6-4-2;1-3-5-8(7)6-4-2;1-3-5-6-4-2;1-3-4-2/h5-6H,3-4,7-10H2,1-2H3;3-10H2,1-2H3,(H,13,15)(H,14,16);3-8H2,1-2H3;3-8H2,1-2H3;5-8H,3-4H2,1-2H3;3-6H2,1-2H3;3-6H2,1-2H3;3-6H2,1-2H3;3-4H2,1-2H3. The van der Waals surface area contributed by atoms with E-state index >= 15 is 0 Å². The van der Waals surface area contributed by atoms with Crippen molar-refractivity contribution < 1.29 is 43.6 Å². The van der Waals surface area contributed by atoms with E-state index in [1.807, 2.05) is 27.7 Å². The molecule has 1 aliphatic heterocycles. The van der Waals surface area contributed by atoms with Crippen LogP contribution in [0.25, 0.3) is 0 Å². The molecule has 83 heavy (non-hydrogen) atoms. The van der Waals surface area contributed by atoms with Crippen molar-refractivity contribution >= 4 is 44.3 Å². The van der Waals surface area contributed by atoms with E-state index in [0.29, 0.717) is 54.8 Å². The number of hydrogen-bond donors (Lipinski definition) is 4. The van der Waals surface area contributed by atoms with E-state index in [0.717, 1.165) is 123 Å². The molecule has 13 nitrogen and oxygen atoms in total. The monoisotopic (exact) mass is 1230 g/mol. The molecule has 4 amide bonds. The Morgan fingerprint density at radius 2 is 0.771 bits per heavy atom. The van der Waals surface area contributed by atoms with Crippen LogP contribution in [0.1, 0.15) is 304 Å². The number of carbonyl (C=O) groups is 4. The molecule has 4 N–H and O–H groups in total. The van der Waals surface area contributed by atoms with Gasteiger partial charge in [-0.25, -0.2) is 0 Å². The van der Waals surface area contributed by atoms with Gasteiger partial charge in [0.2, 0.25) is 11.8 Å². The summed E-state index contributed by atoms with van der Waals surface area (Å²) >= 11 is 5.16. The minimum Gasteiger partial charge on any atom is -0.390 e. The highest BCUT2D eigenvalue weighted by Gasteiger charge is 2.23. The summed E-state index contributed by atoms with van der Waals surface area (Å²) in [5, 5.41) is 23.4. The Labute approximate surface area is 524 Å².